The van der Waals surface area contributed by atoms with Crippen LogP contribution in [0.5, 0.6) is 0 Å². The highest BCUT2D eigenvalue weighted by atomic mass is 16.4. The van der Waals surface area contributed by atoms with Crippen molar-refractivity contribution in [2.45, 2.75) is 96.5 Å². The summed E-state index contributed by atoms with van der Waals surface area (Å²) in [5, 5.41) is 17.6. The number of hydrogen-bond donors (Lipinski definition) is 2. The molecule has 0 radical (unpaired) electrons. The van der Waals surface area contributed by atoms with Crippen molar-refractivity contribution in [3.05, 3.63) is 0 Å². The lowest BCUT2D eigenvalue weighted by Gasteiger charge is -2.04. The molecule has 0 rings (SSSR count). The Kier molecular flexibility index (Phi) is 13.4. The summed E-state index contributed by atoms with van der Waals surface area (Å²) in [4.78, 5) is 10.3. The van der Waals surface area contributed by atoms with Crippen molar-refractivity contribution < 1.29 is 15.0 Å². The number of aliphatic carboxylic acids is 1. The van der Waals surface area contributed by atoms with Gasteiger partial charge in [0.1, 0.15) is 0 Å². The number of carboxylic acids is 1. The summed E-state index contributed by atoms with van der Waals surface area (Å²) in [6.45, 7) is 1.86. The molecule has 0 amide bonds. The Bertz CT molecular complexity index is 202. The Hall–Kier alpha value is -0.570. The van der Waals surface area contributed by atoms with Crippen LogP contribution in [-0.4, -0.2) is 22.3 Å². The Balaban J connectivity index is 2.97. The van der Waals surface area contributed by atoms with Crippen molar-refractivity contribution in [1.82, 2.24) is 0 Å². The monoisotopic (exact) mass is 272 g/mol. The van der Waals surface area contributed by atoms with Gasteiger partial charge in [0.25, 0.3) is 0 Å². The maximum absolute atomic E-state index is 10.3. The fraction of sp³-hybridized carbons (Fsp3) is 0.938. The number of aliphatic hydroxyl groups is 1. The Labute approximate surface area is 118 Å². The van der Waals surface area contributed by atoms with Crippen LogP contribution in [-0.2, 0) is 4.79 Å². The summed E-state index contributed by atoms with van der Waals surface area (Å²) in [5.41, 5.74) is 0. The quantitative estimate of drug-likeness (QED) is 0.457. The number of aliphatic hydroxyl groups excluding tert-OH is 1. The molecule has 0 aromatic rings. The predicted octanol–water partition coefficient (Wildman–Crippen LogP) is 4.52. The van der Waals surface area contributed by atoms with Crippen molar-refractivity contribution in [1.29, 1.82) is 0 Å². The van der Waals surface area contributed by atoms with Crippen molar-refractivity contribution in [2.75, 3.05) is 0 Å². The molecule has 0 heterocycles. The maximum Gasteiger partial charge on any atom is 0.303 e. The molecule has 0 aliphatic rings. The van der Waals surface area contributed by atoms with E-state index in [1.54, 1.807) is 0 Å². The van der Waals surface area contributed by atoms with E-state index >= 15 is 0 Å². The molecule has 19 heavy (non-hydrogen) atoms. The van der Waals surface area contributed by atoms with Crippen LogP contribution >= 0.6 is 0 Å². The third-order valence-electron chi connectivity index (χ3n) is 3.51. The van der Waals surface area contributed by atoms with Gasteiger partial charge < -0.3 is 10.2 Å². The molecule has 3 heteroatoms. The van der Waals surface area contributed by atoms with Gasteiger partial charge in [0.15, 0.2) is 0 Å². The maximum atomic E-state index is 10.3. The molecule has 114 valence electrons. The molecule has 0 spiro atoms. The minimum Gasteiger partial charge on any atom is -0.481 e. The molecule has 0 aliphatic heterocycles. The van der Waals surface area contributed by atoms with Crippen LogP contribution in [0, 0.1) is 0 Å². The van der Waals surface area contributed by atoms with Gasteiger partial charge in [-0.2, -0.15) is 0 Å². The van der Waals surface area contributed by atoms with Gasteiger partial charge in [-0.25, -0.2) is 0 Å². The highest BCUT2D eigenvalue weighted by Gasteiger charge is 1.97. The first-order valence-electron chi connectivity index (χ1n) is 8.03. The highest BCUT2D eigenvalue weighted by molar-refractivity contribution is 5.66. The van der Waals surface area contributed by atoms with Gasteiger partial charge in [-0.05, 0) is 19.8 Å². The van der Waals surface area contributed by atoms with Crippen LogP contribution in [0.25, 0.3) is 0 Å². The molecule has 0 aromatic heterocycles. The van der Waals surface area contributed by atoms with E-state index in [1.807, 2.05) is 6.92 Å². The highest BCUT2D eigenvalue weighted by Crippen LogP contribution is 2.12. The van der Waals surface area contributed by atoms with Gasteiger partial charge in [-0.3, -0.25) is 4.79 Å². The lowest BCUT2D eigenvalue weighted by Crippen LogP contribution is -1.98. The zero-order chi connectivity index (χ0) is 14.3. The summed E-state index contributed by atoms with van der Waals surface area (Å²) in [6.07, 6.45) is 14.4. The zero-order valence-corrected chi connectivity index (χ0v) is 12.6. The second kappa shape index (κ2) is 13.9. The van der Waals surface area contributed by atoms with Gasteiger partial charge in [0, 0.05) is 6.42 Å². The van der Waals surface area contributed by atoms with E-state index in [0.717, 1.165) is 25.7 Å². The molecule has 1 unspecified atom stereocenters. The number of rotatable bonds is 14. The molecule has 0 saturated carbocycles. The first kappa shape index (κ1) is 18.4. The molecule has 1 atom stereocenters. The van der Waals surface area contributed by atoms with E-state index in [2.05, 4.69) is 0 Å². The molecule has 0 fully saturated rings. The van der Waals surface area contributed by atoms with Crippen molar-refractivity contribution in [2.24, 2.45) is 0 Å². The van der Waals surface area contributed by atoms with Crippen LogP contribution in [0.15, 0.2) is 0 Å². The number of carbonyl (C=O) groups is 1. The summed E-state index contributed by atoms with van der Waals surface area (Å²) in [7, 11) is 0. The fourth-order valence-electron chi connectivity index (χ4n) is 2.31. The molecule has 0 aromatic carbocycles. The Morgan fingerprint density at radius 2 is 1.16 bits per heavy atom. The van der Waals surface area contributed by atoms with Gasteiger partial charge >= 0.3 is 5.97 Å². The second-order valence-electron chi connectivity index (χ2n) is 5.67. The van der Waals surface area contributed by atoms with Crippen molar-refractivity contribution in [3.8, 4) is 0 Å². The van der Waals surface area contributed by atoms with E-state index in [4.69, 9.17) is 10.2 Å². The lowest BCUT2D eigenvalue weighted by atomic mass is 10.0. The van der Waals surface area contributed by atoms with Gasteiger partial charge in [0.05, 0.1) is 6.10 Å². The first-order valence-corrected chi connectivity index (χ1v) is 8.03. The number of carboxylic acid groups (broad SMARTS) is 1. The summed E-state index contributed by atoms with van der Waals surface area (Å²) >= 11 is 0. The predicted molar refractivity (Wildman–Crippen MR) is 79.3 cm³/mol. The van der Waals surface area contributed by atoms with Crippen molar-refractivity contribution in [3.63, 3.8) is 0 Å². The largest absolute Gasteiger partial charge is 0.481 e. The van der Waals surface area contributed by atoms with E-state index in [9.17, 15) is 4.79 Å². The van der Waals surface area contributed by atoms with Crippen LogP contribution in [0.2, 0.25) is 0 Å². The topological polar surface area (TPSA) is 57.5 Å². The lowest BCUT2D eigenvalue weighted by molar-refractivity contribution is -0.137. The van der Waals surface area contributed by atoms with Gasteiger partial charge in [-0.1, -0.05) is 64.2 Å². The fourth-order valence-corrected chi connectivity index (χ4v) is 2.31. The molecular formula is C16H32O3. The molecular weight excluding hydrogens is 240 g/mol. The minimum atomic E-state index is -0.671. The Morgan fingerprint density at radius 3 is 1.53 bits per heavy atom. The molecule has 2 N–H and O–H groups in total. The summed E-state index contributed by atoms with van der Waals surface area (Å²) < 4.78 is 0. The average Bonchev–Trinajstić information content (AvgIpc) is 2.34. The minimum absolute atomic E-state index is 0.138. The number of hydrogen-bond acceptors (Lipinski definition) is 2. The third kappa shape index (κ3) is 17.4. The molecule has 0 bridgehead atoms. The van der Waals surface area contributed by atoms with Gasteiger partial charge in [0.2, 0.25) is 0 Å². The van der Waals surface area contributed by atoms with E-state index in [1.165, 1.54) is 51.4 Å². The SMILES string of the molecule is CC(O)CCCCCCCCCCCCCC(=O)O. The third-order valence-corrected chi connectivity index (χ3v) is 3.51. The molecule has 0 saturated heterocycles. The smallest absolute Gasteiger partial charge is 0.303 e. The van der Waals surface area contributed by atoms with Crippen LogP contribution in [0.1, 0.15) is 90.4 Å². The standard InChI is InChI=1S/C16H32O3/c1-15(17)13-11-9-7-5-3-2-4-6-8-10-12-14-16(18)19/h15,17H,2-14H2,1H3,(H,18,19). The summed E-state index contributed by atoms with van der Waals surface area (Å²) in [6, 6.07) is 0. The average molecular weight is 272 g/mol. The van der Waals surface area contributed by atoms with Crippen LogP contribution in [0.4, 0.5) is 0 Å². The van der Waals surface area contributed by atoms with Gasteiger partial charge in [-0.15, -0.1) is 0 Å². The molecule has 0 aliphatic carbocycles. The number of unbranched alkanes of at least 4 members (excludes halogenated alkanes) is 10. The van der Waals surface area contributed by atoms with Crippen LogP contribution < -0.4 is 0 Å². The van der Waals surface area contributed by atoms with Crippen LogP contribution in [0.3, 0.4) is 0 Å². The second-order valence-corrected chi connectivity index (χ2v) is 5.67. The normalized spacial score (nSPS) is 12.5. The van der Waals surface area contributed by atoms with Crippen molar-refractivity contribution >= 4 is 5.97 Å². The van der Waals surface area contributed by atoms with E-state index in [-0.39, 0.29) is 6.10 Å². The molecule has 3 nitrogen and oxygen atoms in total. The Morgan fingerprint density at radius 1 is 0.789 bits per heavy atom. The zero-order valence-electron chi connectivity index (χ0n) is 12.6. The summed E-state index contributed by atoms with van der Waals surface area (Å²) in [5.74, 6) is -0.671. The van der Waals surface area contributed by atoms with E-state index < -0.39 is 5.97 Å². The first-order chi connectivity index (χ1) is 9.13. The van der Waals surface area contributed by atoms with E-state index in [0.29, 0.717) is 6.42 Å².